The second kappa shape index (κ2) is 7.55. The Bertz CT molecular complexity index is 598. The number of hydrogen-bond acceptors (Lipinski definition) is 5. The van der Waals surface area contributed by atoms with Crippen molar-refractivity contribution in [1.82, 2.24) is 4.90 Å². The third-order valence-electron chi connectivity index (χ3n) is 3.67. The second-order valence-electron chi connectivity index (χ2n) is 5.77. The van der Waals surface area contributed by atoms with E-state index < -0.39 is 15.6 Å². The standard InChI is InChI=1S/C15H22F2N2O3S/c1-11-9-19(10-12(2)22-11)8-7-18-13-3-5-14(6-4-13)23(20,21)15(16)17/h3-6,11-12,15,18H,7-10H2,1-2H3/t11-,12+. The van der Waals surface area contributed by atoms with Crippen LogP contribution >= 0.6 is 0 Å². The van der Waals surface area contributed by atoms with Crippen LogP contribution in [0.25, 0.3) is 0 Å². The topological polar surface area (TPSA) is 58.6 Å². The highest BCUT2D eigenvalue weighted by Gasteiger charge is 2.26. The molecule has 5 nitrogen and oxygen atoms in total. The molecule has 1 fully saturated rings. The molecule has 0 saturated carbocycles. The fourth-order valence-corrected chi connectivity index (χ4v) is 3.41. The number of benzene rings is 1. The van der Waals surface area contributed by atoms with Gasteiger partial charge in [0.1, 0.15) is 0 Å². The van der Waals surface area contributed by atoms with E-state index in [1.807, 2.05) is 13.8 Å². The van der Waals surface area contributed by atoms with Crippen molar-refractivity contribution < 1.29 is 21.9 Å². The average Bonchev–Trinajstić information content (AvgIpc) is 2.46. The minimum atomic E-state index is -4.53. The molecule has 0 aromatic heterocycles. The minimum absolute atomic E-state index is 0.206. The van der Waals surface area contributed by atoms with Crippen LogP contribution < -0.4 is 5.32 Å². The predicted octanol–water partition coefficient (Wildman–Crippen LogP) is 2.20. The number of nitrogens with zero attached hydrogens (tertiary/aromatic N) is 1. The van der Waals surface area contributed by atoms with Gasteiger partial charge in [0.2, 0.25) is 9.84 Å². The first-order valence-corrected chi connectivity index (χ1v) is 9.07. The van der Waals surface area contributed by atoms with Gasteiger partial charge in [-0.25, -0.2) is 8.42 Å². The number of ether oxygens (including phenoxy) is 1. The number of sulfone groups is 1. The molecule has 1 saturated heterocycles. The summed E-state index contributed by atoms with van der Waals surface area (Å²) in [6.45, 7) is 7.33. The molecule has 1 aliphatic heterocycles. The summed E-state index contributed by atoms with van der Waals surface area (Å²) in [5, 5.41) is 3.16. The van der Waals surface area contributed by atoms with Crippen molar-refractivity contribution in [2.24, 2.45) is 0 Å². The molecular formula is C15H22F2N2O3S. The number of nitrogens with one attached hydrogen (secondary N) is 1. The molecule has 0 unspecified atom stereocenters. The molecule has 0 spiro atoms. The number of halogens is 2. The van der Waals surface area contributed by atoms with Crippen molar-refractivity contribution in [3.8, 4) is 0 Å². The lowest BCUT2D eigenvalue weighted by Crippen LogP contribution is -2.46. The lowest BCUT2D eigenvalue weighted by atomic mass is 10.2. The zero-order valence-corrected chi connectivity index (χ0v) is 14.0. The molecule has 0 radical (unpaired) electrons. The summed E-state index contributed by atoms with van der Waals surface area (Å²) in [6, 6.07) is 5.39. The Labute approximate surface area is 135 Å². The van der Waals surface area contributed by atoms with Crippen molar-refractivity contribution in [2.75, 3.05) is 31.5 Å². The zero-order chi connectivity index (χ0) is 17.0. The predicted molar refractivity (Wildman–Crippen MR) is 84.6 cm³/mol. The molecule has 8 heteroatoms. The molecule has 1 N–H and O–H groups in total. The first-order chi connectivity index (χ1) is 10.8. The van der Waals surface area contributed by atoms with Crippen molar-refractivity contribution >= 4 is 15.5 Å². The van der Waals surface area contributed by atoms with E-state index >= 15 is 0 Å². The third-order valence-corrected chi connectivity index (χ3v) is 5.07. The van der Waals surface area contributed by atoms with E-state index in [0.29, 0.717) is 12.2 Å². The van der Waals surface area contributed by atoms with Gasteiger partial charge < -0.3 is 10.1 Å². The SMILES string of the molecule is C[C@@H]1CN(CCNc2ccc(S(=O)(=O)C(F)F)cc2)C[C@H](C)O1. The zero-order valence-electron chi connectivity index (χ0n) is 13.2. The molecule has 0 bridgehead atoms. The van der Waals surface area contributed by atoms with Gasteiger partial charge in [0, 0.05) is 31.9 Å². The van der Waals surface area contributed by atoms with Gasteiger partial charge in [0.05, 0.1) is 17.1 Å². The fourth-order valence-electron chi connectivity index (χ4n) is 2.69. The van der Waals surface area contributed by atoms with Crippen molar-refractivity contribution in [2.45, 2.75) is 36.7 Å². The van der Waals surface area contributed by atoms with E-state index in [1.54, 1.807) is 0 Å². The first-order valence-electron chi connectivity index (χ1n) is 7.53. The van der Waals surface area contributed by atoms with Gasteiger partial charge in [-0.05, 0) is 38.1 Å². The second-order valence-corrected chi connectivity index (χ2v) is 7.69. The Hall–Kier alpha value is -1.25. The van der Waals surface area contributed by atoms with Gasteiger partial charge in [0.15, 0.2) is 0 Å². The quantitative estimate of drug-likeness (QED) is 0.854. The van der Waals surface area contributed by atoms with Crippen LogP contribution in [-0.2, 0) is 14.6 Å². The molecule has 1 aromatic rings. The monoisotopic (exact) mass is 348 g/mol. The fraction of sp³-hybridized carbons (Fsp3) is 0.600. The highest BCUT2D eigenvalue weighted by molar-refractivity contribution is 7.91. The average molecular weight is 348 g/mol. The smallest absolute Gasteiger partial charge is 0.341 e. The van der Waals surface area contributed by atoms with Crippen molar-refractivity contribution in [1.29, 1.82) is 0 Å². The van der Waals surface area contributed by atoms with E-state index in [1.165, 1.54) is 24.3 Å². The van der Waals surface area contributed by atoms with Gasteiger partial charge in [-0.1, -0.05) is 0 Å². The van der Waals surface area contributed by atoms with Crippen LogP contribution in [0.5, 0.6) is 0 Å². The van der Waals surface area contributed by atoms with Crippen molar-refractivity contribution in [3.05, 3.63) is 24.3 Å². The van der Waals surface area contributed by atoms with E-state index in [4.69, 9.17) is 4.74 Å². The maximum absolute atomic E-state index is 12.5. The Morgan fingerprint density at radius 3 is 2.30 bits per heavy atom. The van der Waals surface area contributed by atoms with Crippen LogP contribution in [0.3, 0.4) is 0 Å². The van der Waals surface area contributed by atoms with Gasteiger partial charge in [-0.3, -0.25) is 4.90 Å². The molecule has 23 heavy (non-hydrogen) atoms. The van der Waals surface area contributed by atoms with E-state index in [-0.39, 0.29) is 17.1 Å². The Kier molecular flexibility index (Phi) is 5.94. The van der Waals surface area contributed by atoms with Crippen LogP contribution in [0.4, 0.5) is 14.5 Å². The van der Waals surface area contributed by atoms with Gasteiger partial charge in [-0.2, -0.15) is 8.78 Å². The number of alkyl halides is 2. The van der Waals surface area contributed by atoms with E-state index in [0.717, 1.165) is 19.6 Å². The Balaban J connectivity index is 1.85. The summed E-state index contributed by atoms with van der Waals surface area (Å²) in [5.41, 5.74) is 0.701. The lowest BCUT2D eigenvalue weighted by Gasteiger charge is -2.35. The highest BCUT2D eigenvalue weighted by Crippen LogP contribution is 2.20. The van der Waals surface area contributed by atoms with Gasteiger partial charge in [-0.15, -0.1) is 0 Å². The lowest BCUT2D eigenvalue weighted by molar-refractivity contribution is -0.0667. The molecule has 1 aromatic carbocycles. The van der Waals surface area contributed by atoms with Crippen LogP contribution in [0.1, 0.15) is 13.8 Å². The van der Waals surface area contributed by atoms with Crippen molar-refractivity contribution in [3.63, 3.8) is 0 Å². The van der Waals surface area contributed by atoms with Crippen LogP contribution in [0.15, 0.2) is 29.2 Å². The number of rotatable bonds is 6. The van der Waals surface area contributed by atoms with Gasteiger partial charge >= 0.3 is 5.76 Å². The summed E-state index contributed by atoms with van der Waals surface area (Å²) in [5.74, 6) is -3.40. The summed E-state index contributed by atoms with van der Waals surface area (Å²) in [7, 11) is -4.53. The first kappa shape index (κ1) is 18.1. The van der Waals surface area contributed by atoms with Crippen LogP contribution in [0.2, 0.25) is 0 Å². The summed E-state index contributed by atoms with van der Waals surface area (Å²) in [6.07, 6.45) is 0.412. The minimum Gasteiger partial charge on any atom is -0.384 e. The number of hydrogen-bond donors (Lipinski definition) is 1. The Morgan fingerprint density at radius 1 is 1.22 bits per heavy atom. The molecule has 130 valence electrons. The van der Waals surface area contributed by atoms with Crippen LogP contribution in [0, 0.1) is 0 Å². The molecule has 2 rings (SSSR count). The maximum Gasteiger partial charge on any atom is 0.341 e. The summed E-state index contributed by atoms with van der Waals surface area (Å²) in [4.78, 5) is 1.93. The largest absolute Gasteiger partial charge is 0.384 e. The highest BCUT2D eigenvalue weighted by atomic mass is 32.2. The van der Waals surface area contributed by atoms with Crippen LogP contribution in [-0.4, -0.2) is 57.5 Å². The molecule has 0 amide bonds. The molecule has 0 aliphatic carbocycles. The normalized spacial score (nSPS) is 23.2. The van der Waals surface area contributed by atoms with E-state index in [9.17, 15) is 17.2 Å². The van der Waals surface area contributed by atoms with E-state index in [2.05, 4.69) is 10.2 Å². The molecule has 1 heterocycles. The number of anilines is 1. The Morgan fingerprint density at radius 2 is 1.78 bits per heavy atom. The van der Waals surface area contributed by atoms with Gasteiger partial charge in [0.25, 0.3) is 0 Å². The molecule has 2 atom stereocenters. The number of morpholine rings is 1. The molecular weight excluding hydrogens is 326 g/mol. The third kappa shape index (κ3) is 4.86. The maximum atomic E-state index is 12.5. The summed E-state index contributed by atoms with van der Waals surface area (Å²) >= 11 is 0. The molecule has 1 aliphatic rings. The summed E-state index contributed by atoms with van der Waals surface area (Å²) < 4.78 is 53.2.